The van der Waals surface area contributed by atoms with Crippen molar-refractivity contribution in [3.05, 3.63) is 0 Å². The predicted molar refractivity (Wildman–Crippen MR) is 84.4 cm³/mol. The molecule has 3 amide bonds. The Labute approximate surface area is 132 Å². The van der Waals surface area contributed by atoms with Crippen molar-refractivity contribution in [3.63, 3.8) is 0 Å². The third-order valence-electron chi connectivity index (χ3n) is 5.21. The molecule has 0 aromatic rings. The summed E-state index contributed by atoms with van der Waals surface area (Å²) in [5, 5.41) is 9.57. The van der Waals surface area contributed by atoms with Crippen LogP contribution < -0.4 is 16.0 Å². The highest BCUT2D eigenvalue weighted by molar-refractivity contribution is 5.80. The molecule has 0 aromatic heterocycles. The minimum Gasteiger partial charge on any atom is -0.352 e. The van der Waals surface area contributed by atoms with E-state index in [0.29, 0.717) is 25.0 Å². The zero-order valence-electron chi connectivity index (χ0n) is 13.4. The maximum Gasteiger partial charge on any atom is 0.317 e. The first-order valence-electron chi connectivity index (χ1n) is 8.70. The van der Waals surface area contributed by atoms with Gasteiger partial charge in [0.1, 0.15) is 0 Å². The van der Waals surface area contributed by atoms with Gasteiger partial charge in [0.25, 0.3) is 0 Å². The van der Waals surface area contributed by atoms with E-state index in [1.165, 1.54) is 0 Å². The zero-order chi connectivity index (χ0) is 15.5. The average Bonchev–Trinajstić information content (AvgIpc) is 3.33. The van der Waals surface area contributed by atoms with Crippen LogP contribution in [0.2, 0.25) is 0 Å². The molecule has 2 heterocycles. The molecule has 6 nitrogen and oxygen atoms in total. The number of carbonyl (C=O) groups is 2. The van der Waals surface area contributed by atoms with Crippen LogP contribution in [0.5, 0.6) is 0 Å². The highest BCUT2D eigenvalue weighted by Crippen LogP contribution is 2.22. The smallest absolute Gasteiger partial charge is 0.317 e. The van der Waals surface area contributed by atoms with Gasteiger partial charge < -0.3 is 20.9 Å². The Kier molecular flexibility index (Phi) is 4.86. The third-order valence-corrected chi connectivity index (χ3v) is 5.21. The summed E-state index contributed by atoms with van der Waals surface area (Å²) in [6.45, 7) is 5.50. The van der Waals surface area contributed by atoms with E-state index in [0.717, 1.165) is 45.2 Å². The van der Waals surface area contributed by atoms with Crippen molar-refractivity contribution in [2.45, 2.75) is 51.1 Å². The standard InChI is InChI=1S/C16H28N4O2/c1-11-4-7-17-10-14(11)19-15(21)12-5-8-20(9-6-12)16(22)18-13-2-3-13/h11-14,17H,2-10H2,1H3,(H,18,22)(H,19,21). The minimum atomic E-state index is 0.0476. The summed E-state index contributed by atoms with van der Waals surface area (Å²) < 4.78 is 0. The number of rotatable bonds is 3. The van der Waals surface area contributed by atoms with Crippen LogP contribution in [0.25, 0.3) is 0 Å². The molecular formula is C16H28N4O2. The molecule has 22 heavy (non-hydrogen) atoms. The molecular weight excluding hydrogens is 280 g/mol. The quantitative estimate of drug-likeness (QED) is 0.718. The molecule has 0 aromatic carbocycles. The van der Waals surface area contributed by atoms with Crippen LogP contribution in [0.1, 0.15) is 39.0 Å². The summed E-state index contributed by atoms with van der Waals surface area (Å²) in [7, 11) is 0. The lowest BCUT2D eigenvalue weighted by Gasteiger charge is -2.34. The van der Waals surface area contributed by atoms with E-state index >= 15 is 0 Å². The molecule has 1 saturated carbocycles. The van der Waals surface area contributed by atoms with Gasteiger partial charge in [-0.05, 0) is 44.6 Å². The Balaban J connectivity index is 1.42. The summed E-state index contributed by atoms with van der Waals surface area (Å²) in [4.78, 5) is 26.3. The lowest BCUT2D eigenvalue weighted by Crippen LogP contribution is -2.53. The van der Waals surface area contributed by atoms with Crippen molar-refractivity contribution in [1.29, 1.82) is 0 Å². The number of nitrogens with zero attached hydrogens (tertiary/aromatic N) is 1. The molecule has 0 spiro atoms. The van der Waals surface area contributed by atoms with Gasteiger partial charge in [0.15, 0.2) is 0 Å². The summed E-state index contributed by atoms with van der Waals surface area (Å²) in [6.07, 6.45) is 4.89. The number of amides is 3. The van der Waals surface area contributed by atoms with Crippen LogP contribution in [0.15, 0.2) is 0 Å². The van der Waals surface area contributed by atoms with Crippen molar-refractivity contribution in [1.82, 2.24) is 20.9 Å². The molecule has 124 valence electrons. The second-order valence-electron chi connectivity index (χ2n) is 7.07. The van der Waals surface area contributed by atoms with Crippen LogP contribution in [-0.4, -0.2) is 55.1 Å². The second kappa shape index (κ2) is 6.86. The molecule has 0 bridgehead atoms. The summed E-state index contributed by atoms with van der Waals surface area (Å²) >= 11 is 0. The van der Waals surface area contributed by atoms with Crippen LogP contribution in [0.3, 0.4) is 0 Å². The van der Waals surface area contributed by atoms with Crippen LogP contribution >= 0.6 is 0 Å². The fourth-order valence-corrected chi connectivity index (χ4v) is 3.32. The van der Waals surface area contributed by atoms with E-state index in [1.807, 2.05) is 4.90 Å². The topological polar surface area (TPSA) is 73.5 Å². The van der Waals surface area contributed by atoms with Gasteiger partial charge in [0.2, 0.25) is 5.91 Å². The Bertz CT molecular complexity index is 416. The molecule has 0 radical (unpaired) electrons. The van der Waals surface area contributed by atoms with E-state index < -0.39 is 0 Å². The van der Waals surface area contributed by atoms with Gasteiger partial charge in [-0.25, -0.2) is 4.79 Å². The van der Waals surface area contributed by atoms with Crippen molar-refractivity contribution in [2.24, 2.45) is 11.8 Å². The van der Waals surface area contributed by atoms with Crippen LogP contribution in [-0.2, 0) is 4.79 Å². The lowest BCUT2D eigenvalue weighted by atomic mass is 9.92. The molecule has 6 heteroatoms. The summed E-state index contributed by atoms with van der Waals surface area (Å²) in [5.74, 6) is 0.761. The van der Waals surface area contributed by atoms with Gasteiger partial charge >= 0.3 is 6.03 Å². The number of hydrogen-bond acceptors (Lipinski definition) is 3. The van der Waals surface area contributed by atoms with E-state index in [1.54, 1.807) is 0 Å². The Morgan fingerprint density at radius 3 is 2.41 bits per heavy atom. The maximum absolute atomic E-state index is 12.4. The van der Waals surface area contributed by atoms with Crippen molar-refractivity contribution in [3.8, 4) is 0 Å². The molecule has 1 aliphatic carbocycles. The van der Waals surface area contributed by atoms with E-state index in [2.05, 4.69) is 22.9 Å². The van der Waals surface area contributed by atoms with Crippen LogP contribution in [0.4, 0.5) is 4.79 Å². The number of carbonyl (C=O) groups excluding carboxylic acids is 2. The Hall–Kier alpha value is -1.30. The number of likely N-dealkylation sites (tertiary alicyclic amines) is 1. The van der Waals surface area contributed by atoms with Crippen molar-refractivity contribution < 1.29 is 9.59 Å². The monoisotopic (exact) mass is 308 g/mol. The first-order chi connectivity index (χ1) is 10.6. The minimum absolute atomic E-state index is 0.0476. The average molecular weight is 308 g/mol. The van der Waals surface area contributed by atoms with E-state index in [9.17, 15) is 9.59 Å². The predicted octanol–water partition coefficient (Wildman–Crippen LogP) is 0.685. The highest BCUT2D eigenvalue weighted by Gasteiger charge is 2.32. The van der Waals surface area contributed by atoms with E-state index in [-0.39, 0.29) is 23.9 Å². The number of piperidine rings is 2. The zero-order valence-corrected chi connectivity index (χ0v) is 13.4. The van der Waals surface area contributed by atoms with Gasteiger partial charge in [0.05, 0.1) is 0 Å². The third kappa shape index (κ3) is 3.91. The lowest BCUT2D eigenvalue weighted by molar-refractivity contribution is -0.127. The Morgan fingerprint density at radius 1 is 1.05 bits per heavy atom. The molecule has 2 atom stereocenters. The number of urea groups is 1. The first-order valence-corrected chi connectivity index (χ1v) is 8.70. The first kappa shape index (κ1) is 15.6. The SMILES string of the molecule is CC1CCNCC1NC(=O)C1CCN(C(=O)NC2CC2)CC1. The summed E-state index contributed by atoms with van der Waals surface area (Å²) in [5.41, 5.74) is 0. The van der Waals surface area contributed by atoms with Gasteiger partial charge in [-0.2, -0.15) is 0 Å². The van der Waals surface area contributed by atoms with Gasteiger partial charge in [-0.3, -0.25) is 4.79 Å². The molecule has 3 N–H and O–H groups in total. The second-order valence-corrected chi connectivity index (χ2v) is 7.07. The molecule has 2 unspecified atom stereocenters. The van der Waals surface area contributed by atoms with E-state index in [4.69, 9.17) is 0 Å². The molecule has 3 fully saturated rings. The van der Waals surface area contributed by atoms with Crippen molar-refractivity contribution in [2.75, 3.05) is 26.2 Å². The Morgan fingerprint density at radius 2 is 1.77 bits per heavy atom. The van der Waals surface area contributed by atoms with Gasteiger partial charge in [-0.1, -0.05) is 6.92 Å². The number of hydrogen-bond donors (Lipinski definition) is 3. The largest absolute Gasteiger partial charge is 0.352 e. The molecule has 2 saturated heterocycles. The number of nitrogens with one attached hydrogen (secondary N) is 3. The van der Waals surface area contributed by atoms with Crippen molar-refractivity contribution >= 4 is 11.9 Å². The fraction of sp³-hybridized carbons (Fsp3) is 0.875. The molecule has 3 aliphatic rings. The molecule has 2 aliphatic heterocycles. The van der Waals surface area contributed by atoms with Gasteiger partial charge in [0, 0.05) is 37.6 Å². The maximum atomic E-state index is 12.4. The fourth-order valence-electron chi connectivity index (χ4n) is 3.32. The normalized spacial score (nSPS) is 30.0. The molecule has 3 rings (SSSR count). The van der Waals surface area contributed by atoms with Gasteiger partial charge in [-0.15, -0.1) is 0 Å². The van der Waals surface area contributed by atoms with Crippen LogP contribution in [0, 0.1) is 11.8 Å². The highest BCUT2D eigenvalue weighted by atomic mass is 16.2. The summed E-state index contributed by atoms with van der Waals surface area (Å²) in [6, 6.07) is 0.692.